The van der Waals surface area contributed by atoms with Crippen molar-refractivity contribution in [2.24, 2.45) is 5.11 Å². The zero-order valence-corrected chi connectivity index (χ0v) is 7.95. The largest absolute Gasteiger partial charge is 0.360 e. The van der Waals surface area contributed by atoms with E-state index in [-0.39, 0.29) is 5.70 Å². The summed E-state index contributed by atoms with van der Waals surface area (Å²) in [5.41, 5.74) is 7.43. The molecule has 0 atom stereocenters. The van der Waals surface area contributed by atoms with Gasteiger partial charge in [-0.05, 0) is 24.3 Å². The highest BCUT2D eigenvalue weighted by atomic mass is 35.5. The first kappa shape index (κ1) is 10.4. The van der Waals surface area contributed by atoms with Gasteiger partial charge in [-0.25, -0.2) is 5.53 Å². The van der Waals surface area contributed by atoms with Gasteiger partial charge in [-0.1, -0.05) is 11.6 Å². The molecule has 1 aromatic carbocycles. The maximum atomic E-state index is 10.3. The van der Waals surface area contributed by atoms with E-state index >= 15 is 0 Å². The average molecular weight is 210 g/mol. The molecule has 0 heterocycles. The molecule has 0 amide bonds. The highest BCUT2D eigenvalue weighted by Gasteiger charge is 1.92. The van der Waals surface area contributed by atoms with Gasteiger partial charge in [0.15, 0.2) is 6.29 Å². The Morgan fingerprint density at radius 2 is 2.07 bits per heavy atom. The molecule has 0 aliphatic carbocycles. The first-order valence-corrected chi connectivity index (χ1v) is 4.19. The van der Waals surface area contributed by atoms with Crippen LogP contribution in [0.3, 0.4) is 0 Å². The third-order valence-electron chi connectivity index (χ3n) is 1.48. The minimum atomic E-state index is 0.0277. The molecule has 5 heteroatoms. The minimum Gasteiger partial charge on any atom is -0.360 e. The van der Waals surface area contributed by atoms with E-state index < -0.39 is 0 Å². The van der Waals surface area contributed by atoms with Gasteiger partial charge in [0.25, 0.3) is 0 Å². The highest BCUT2D eigenvalue weighted by molar-refractivity contribution is 6.30. The third-order valence-corrected chi connectivity index (χ3v) is 1.73. The van der Waals surface area contributed by atoms with Gasteiger partial charge in [-0.15, -0.1) is 0 Å². The second-order valence-corrected chi connectivity index (χ2v) is 2.89. The molecule has 0 saturated carbocycles. The SMILES string of the molecule is N=N/C(C=O)=C\Nc1ccc(Cl)cc1. The maximum absolute atomic E-state index is 10.3. The van der Waals surface area contributed by atoms with Crippen molar-refractivity contribution in [1.82, 2.24) is 0 Å². The van der Waals surface area contributed by atoms with Crippen LogP contribution in [0.1, 0.15) is 0 Å². The molecule has 0 saturated heterocycles. The fraction of sp³-hybridized carbons (Fsp3) is 0. The summed E-state index contributed by atoms with van der Waals surface area (Å²) in [6.07, 6.45) is 1.85. The second kappa shape index (κ2) is 5.14. The van der Waals surface area contributed by atoms with Crippen LogP contribution in [0, 0.1) is 5.53 Å². The summed E-state index contributed by atoms with van der Waals surface area (Å²) >= 11 is 5.68. The lowest BCUT2D eigenvalue weighted by molar-refractivity contribution is -0.105. The van der Waals surface area contributed by atoms with Gasteiger partial charge in [0.05, 0.1) is 0 Å². The number of carbonyl (C=O) groups is 1. The number of rotatable bonds is 4. The Morgan fingerprint density at radius 3 is 2.57 bits per heavy atom. The van der Waals surface area contributed by atoms with Gasteiger partial charge in [-0.3, -0.25) is 4.79 Å². The number of benzene rings is 1. The van der Waals surface area contributed by atoms with Crippen molar-refractivity contribution in [2.75, 3.05) is 5.32 Å². The van der Waals surface area contributed by atoms with E-state index in [0.717, 1.165) is 5.69 Å². The summed E-state index contributed by atoms with van der Waals surface area (Å²) in [6, 6.07) is 6.95. The van der Waals surface area contributed by atoms with Crippen LogP contribution in [0.5, 0.6) is 0 Å². The molecule has 0 bridgehead atoms. The van der Waals surface area contributed by atoms with E-state index in [4.69, 9.17) is 17.1 Å². The van der Waals surface area contributed by atoms with Gasteiger partial charge in [0.1, 0.15) is 5.70 Å². The standard InChI is InChI=1S/C9H8ClN3O/c10-7-1-3-8(4-2-7)12-5-9(6-14)13-11/h1-6,11-12H/b9-5-,13-11?. The quantitative estimate of drug-likeness (QED) is 0.455. The van der Waals surface area contributed by atoms with Crippen LogP contribution in [-0.4, -0.2) is 6.29 Å². The van der Waals surface area contributed by atoms with Crippen molar-refractivity contribution in [3.63, 3.8) is 0 Å². The summed E-state index contributed by atoms with van der Waals surface area (Å²) in [5, 5.41) is 6.44. The molecular weight excluding hydrogens is 202 g/mol. The zero-order chi connectivity index (χ0) is 10.4. The third kappa shape index (κ3) is 2.99. The molecule has 1 rings (SSSR count). The average Bonchev–Trinajstić information content (AvgIpc) is 2.22. The van der Waals surface area contributed by atoms with Crippen LogP contribution in [0.25, 0.3) is 0 Å². The predicted molar refractivity (Wildman–Crippen MR) is 54.4 cm³/mol. The lowest BCUT2D eigenvalue weighted by Gasteiger charge is -1.99. The summed E-state index contributed by atoms with van der Waals surface area (Å²) in [4.78, 5) is 10.3. The smallest absolute Gasteiger partial charge is 0.171 e. The number of anilines is 1. The first-order chi connectivity index (χ1) is 6.76. The van der Waals surface area contributed by atoms with Crippen LogP contribution in [-0.2, 0) is 4.79 Å². The molecular formula is C9H8ClN3O. The van der Waals surface area contributed by atoms with E-state index in [1.807, 2.05) is 0 Å². The van der Waals surface area contributed by atoms with Crippen molar-refractivity contribution in [2.45, 2.75) is 0 Å². The molecule has 14 heavy (non-hydrogen) atoms. The van der Waals surface area contributed by atoms with Crippen LogP contribution >= 0.6 is 11.6 Å². The monoisotopic (exact) mass is 209 g/mol. The number of hydrogen-bond acceptors (Lipinski definition) is 4. The fourth-order valence-electron chi connectivity index (χ4n) is 0.796. The molecule has 0 aliphatic rings. The molecule has 1 aromatic rings. The Hall–Kier alpha value is -1.68. The number of halogens is 1. The molecule has 72 valence electrons. The van der Waals surface area contributed by atoms with E-state index in [9.17, 15) is 4.79 Å². The number of nitrogens with zero attached hydrogens (tertiary/aromatic N) is 1. The van der Waals surface area contributed by atoms with Crippen molar-refractivity contribution in [3.8, 4) is 0 Å². The highest BCUT2D eigenvalue weighted by Crippen LogP contribution is 2.13. The van der Waals surface area contributed by atoms with Crippen molar-refractivity contribution in [3.05, 3.63) is 41.2 Å². The van der Waals surface area contributed by atoms with E-state index in [1.54, 1.807) is 24.3 Å². The van der Waals surface area contributed by atoms with Crippen LogP contribution in [0.15, 0.2) is 41.3 Å². The number of allylic oxidation sites excluding steroid dienone is 1. The van der Waals surface area contributed by atoms with E-state index in [0.29, 0.717) is 11.3 Å². The summed E-state index contributed by atoms with van der Waals surface area (Å²) in [6.45, 7) is 0. The minimum absolute atomic E-state index is 0.0277. The van der Waals surface area contributed by atoms with Gasteiger partial charge in [0.2, 0.25) is 0 Å². The lowest BCUT2D eigenvalue weighted by Crippen LogP contribution is -1.90. The molecule has 0 aromatic heterocycles. The molecule has 0 fully saturated rings. The zero-order valence-electron chi connectivity index (χ0n) is 7.20. The van der Waals surface area contributed by atoms with E-state index in [1.165, 1.54) is 6.20 Å². The summed E-state index contributed by atoms with van der Waals surface area (Å²) < 4.78 is 0. The van der Waals surface area contributed by atoms with Crippen LogP contribution < -0.4 is 5.32 Å². The van der Waals surface area contributed by atoms with Crippen molar-refractivity contribution in [1.29, 1.82) is 5.53 Å². The van der Waals surface area contributed by atoms with Gasteiger partial charge in [-0.2, -0.15) is 5.11 Å². The van der Waals surface area contributed by atoms with Crippen molar-refractivity contribution < 1.29 is 4.79 Å². The Morgan fingerprint density at radius 1 is 1.43 bits per heavy atom. The number of carbonyl (C=O) groups excluding carboxylic acids is 1. The molecule has 4 nitrogen and oxygen atoms in total. The Kier molecular flexibility index (Phi) is 3.82. The Balaban J connectivity index is 2.69. The molecule has 2 N–H and O–H groups in total. The first-order valence-electron chi connectivity index (χ1n) is 3.81. The molecule has 0 spiro atoms. The Bertz CT molecular complexity index is 349. The number of nitrogens with one attached hydrogen (secondary N) is 2. The molecule has 0 unspecified atom stereocenters. The predicted octanol–water partition coefficient (Wildman–Crippen LogP) is 2.82. The summed E-state index contributed by atoms with van der Waals surface area (Å²) in [5.74, 6) is 0. The summed E-state index contributed by atoms with van der Waals surface area (Å²) in [7, 11) is 0. The number of aldehydes is 1. The van der Waals surface area contributed by atoms with Crippen molar-refractivity contribution >= 4 is 23.6 Å². The van der Waals surface area contributed by atoms with Gasteiger partial charge in [0, 0.05) is 16.9 Å². The van der Waals surface area contributed by atoms with Crippen LogP contribution in [0.2, 0.25) is 5.02 Å². The molecule has 0 radical (unpaired) electrons. The maximum Gasteiger partial charge on any atom is 0.171 e. The lowest BCUT2D eigenvalue weighted by atomic mass is 10.3. The van der Waals surface area contributed by atoms with Gasteiger partial charge >= 0.3 is 0 Å². The fourth-order valence-corrected chi connectivity index (χ4v) is 0.922. The van der Waals surface area contributed by atoms with E-state index in [2.05, 4.69) is 10.4 Å². The number of hydrogen-bond donors (Lipinski definition) is 2. The van der Waals surface area contributed by atoms with Gasteiger partial charge < -0.3 is 5.32 Å². The molecule has 0 aliphatic heterocycles. The van der Waals surface area contributed by atoms with Crippen LogP contribution in [0.4, 0.5) is 5.69 Å². The Labute approximate surface area is 86.1 Å². The second-order valence-electron chi connectivity index (χ2n) is 2.45. The normalized spacial score (nSPS) is 10.8. The topological polar surface area (TPSA) is 65.3 Å².